The first-order valence-corrected chi connectivity index (χ1v) is 15.2. The smallest absolute Gasteiger partial charge is 0.405 e. The summed E-state index contributed by atoms with van der Waals surface area (Å²) in [6, 6.07) is 12.1. The van der Waals surface area contributed by atoms with Crippen molar-refractivity contribution in [3.8, 4) is 0 Å². The molecule has 6 radical (unpaired) electrons. The summed E-state index contributed by atoms with van der Waals surface area (Å²) in [5, 5.41) is 13.2. The fraction of sp³-hybridized carbons (Fsp3) is 0.394. The van der Waals surface area contributed by atoms with Gasteiger partial charge in [-0.05, 0) is 79.6 Å². The standard InChI is InChI=1S/C33H32B3F4N3O3/c1-18-15-20(34)16-27(37)28(18)31(45)43-14-4-7-24(29(43)19-8-10-22(11-9-19)41-21-5-2-3-6-21)30(44)42-23-12-13-25(32(35,36)46)26(17-23)33(38,39)40/h8-13,15-17,21,24,29,41,46H,2-7,14H2,1H3,(H,42,44)/t24-,29-/m0/s1. The predicted molar refractivity (Wildman–Crippen MR) is 171 cm³/mol. The second-order valence-electron chi connectivity index (χ2n) is 12.2. The van der Waals surface area contributed by atoms with E-state index in [2.05, 4.69) is 10.6 Å². The van der Waals surface area contributed by atoms with Crippen molar-refractivity contribution >= 4 is 52.2 Å². The van der Waals surface area contributed by atoms with Crippen molar-refractivity contribution in [1.82, 2.24) is 4.90 Å². The highest BCUT2D eigenvalue weighted by Crippen LogP contribution is 2.40. The maximum Gasteiger partial charge on any atom is 0.416 e. The molecule has 6 nitrogen and oxygen atoms in total. The molecule has 5 rings (SSSR count). The number of nitrogens with one attached hydrogen (secondary N) is 2. The first-order valence-electron chi connectivity index (χ1n) is 15.2. The van der Waals surface area contributed by atoms with Crippen LogP contribution in [0.3, 0.4) is 0 Å². The number of halogens is 4. The van der Waals surface area contributed by atoms with E-state index in [9.17, 15) is 27.9 Å². The molecule has 13 heteroatoms. The number of carbonyl (C=O) groups is 2. The molecule has 0 aromatic heterocycles. The Morgan fingerprint density at radius 2 is 1.57 bits per heavy atom. The number of aliphatic hydroxyl groups is 1. The molecule has 0 spiro atoms. The number of anilines is 2. The predicted octanol–water partition coefficient (Wildman–Crippen LogP) is 4.97. The average molecular weight is 627 g/mol. The Balaban J connectivity index is 1.50. The van der Waals surface area contributed by atoms with Crippen LogP contribution in [-0.4, -0.2) is 57.9 Å². The molecule has 3 N–H and O–H groups in total. The zero-order valence-corrected chi connectivity index (χ0v) is 25.3. The summed E-state index contributed by atoms with van der Waals surface area (Å²) >= 11 is 0. The maximum atomic E-state index is 15.1. The molecule has 0 bridgehead atoms. The van der Waals surface area contributed by atoms with Crippen LogP contribution >= 0.6 is 0 Å². The number of aryl methyl sites for hydroxylation is 1. The van der Waals surface area contributed by atoms with Gasteiger partial charge in [0, 0.05) is 29.4 Å². The summed E-state index contributed by atoms with van der Waals surface area (Å²) in [6.45, 7) is 1.79. The van der Waals surface area contributed by atoms with Crippen LogP contribution in [-0.2, 0) is 16.4 Å². The van der Waals surface area contributed by atoms with Crippen LogP contribution in [0.15, 0.2) is 54.6 Å². The number of likely N-dealkylation sites (tertiary alicyclic amines) is 1. The molecule has 1 aliphatic heterocycles. The van der Waals surface area contributed by atoms with Gasteiger partial charge in [0.2, 0.25) is 5.91 Å². The van der Waals surface area contributed by atoms with Gasteiger partial charge < -0.3 is 20.6 Å². The molecular formula is C33H32B3F4N3O3. The van der Waals surface area contributed by atoms with Gasteiger partial charge in [-0.2, -0.15) is 13.2 Å². The summed E-state index contributed by atoms with van der Waals surface area (Å²) in [5.41, 5.74) is -0.455. The number of benzene rings is 3. The fourth-order valence-electron chi connectivity index (χ4n) is 6.62. The molecular weight excluding hydrogens is 595 g/mol. The zero-order chi connectivity index (χ0) is 33.4. The molecule has 0 unspecified atom stereocenters. The van der Waals surface area contributed by atoms with Crippen LogP contribution in [0.5, 0.6) is 0 Å². The molecule has 2 amide bonds. The van der Waals surface area contributed by atoms with Gasteiger partial charge in [0.15, 0.2) is 0 Å². The Morgan fingerprint density at radius 1 is 0.913 bits per heavy atom. The van der Waals surface area contributed by atoms with Gasteiger partial charge in [-0.25, -0.2) is 4.39 Å². The third kappa shape index (κ3) is 7.30. The van der Waals surface area contributed by atoms with Gasteiger partial charge in [-0.15, -0.1) is 0 Å². The van der Waals surface area contributed by atoms with Gasteiger partial charge in [0.05, 0.1) is 23.1 Å². The molecule has 2 atom stereocenters. The zero-order valence-electron chi connectivity index (χ0n) is 25.3. The fourth-order valence-corrected chi connectivity index (χ4v) is 6.62. The van der Waals surface area contributed by atoms with Crippen molar-refractivity contribution in [3.63, 3.8) is 0 Å². The minimum absolute atomic E-state index is 0.163. The van der Waals surface area contributed by atoms with Crippen LogP contribution < -0.4 is 16.1 Å². The highest BCUT2D eigenvalue weighted by Gasteiger charge is 2.41. The number of amides is 2. The van der Waals surface area contributed by atoms with Crippen LogP contribution in [0.1, 0.15) is 77.2 Å². The van der Waals surface area contributed by atoms with E-state index in [0.717, 1.165) is 49.6 Å². The number of piperidine rings is 1. The number of hydrogen-bond acceptors (Lipinski definition) is 4. The minimum atomic E-state index is -4.94. The van der Waals surface area contributed by atoms with E-state index in [0.29, 0.717) is 36.1 Å². The van der Waals surface area contributed by atoms with E-state index < -0.39 is 52.3 Å². The molecule has 1 saturated carbocycles. The van der Waals surface area contributed by atoms with E-state index in [1.807, 2.05) is 12.1 Å². The maximum absolute atomic E-state index is 15.1. The summed E-state index contributed by atoms with van der Waals surface area (Å²) in [5.74, 6) is -2.96. The molecule has 1 aliphatic carbocycles. The lowest BCUT2D eigenvalue weighted by molar-refractivity contribution is -0.139. The number of nitrogens with zero attached hydrogens (tertiary/aromatic N) is 1. The number of carbonyl (C=O) groups excluding carboxylic acids is 2. The molecule has 234 valence electrons. The van der Waals surface area contributed by atoms with Crippen molar-refractivity contribution in [2.45, 2.75) is 69.1 Å². The molecule has 46 heavy (non-hydrogen) atoms. The first kappa shape index (κ1) is 33.6. The van der Waals surface area contributed by atoms with Gasteiger partial charge in [0.1, 0.15) is 29.4 Å². The molecule has 3 aromatic carbocycles. The van der Waals surface area contributed by atoms with Crippen LogP contribution in [0.4, 0.5) is 28.9 Å². The van der Waals surface area contributed by atoms with Gasteiger partial charge in [-0.1, -0.05) is 42.6 Å². The molecule has 2 aliphatic rings. The van der Waals surface area contributed by atoms with Gasteiger partial charge in [0.25, 0.3) is 5.91 Å². The van der Waals surface area contributed by atoms with Gasteiger partial charge in [-0.3, -0.25) is 9.59 Å². The topological polar surface area (TPSA) is 81.7 Å². The van der Waals surface area contributed by atoms with E-state index in [1.165, 1.54) is 11.0 Å². The SMILES string of the molecule is [B]c1cc(C)c(C(=O)N2CCC[C@H](C(=O)Nc3ccc(C([B])([B])O)c(C(F)(F)F)c3)[C@@H]2c2ccc(NC3CCCC3)cc2)c(F)c1. The number of hydrogen-bond donors (Lipinski definition) is 3. The lowest BCUT2D eigenvalue weighted by Gasteiger charge is -2.41. The average Bonchev–Trinajstić information content (AvgIpc) is 3.48. The molecule has 2 fully saturated rings. The summed E-state index contributed by atoms with van der Waals surface area (Å²) in [7, 11) is 16.5. The number of rotatable bonds is 7. The second kappa shape index (κ2) is 13.2. The van der Waals surface area contributed by atoms with Crippen molar-refractivity contribution < 1.29 is 32.3 Å². The summed E-state index contributed by atoms with van der Waals surface area (Å²) in [4.78, 5) is 29.3. The monoisotopic (exact) mass is 627 g/mol. The Kier molecular flexibility index (Phi) is 9.64. The largest absolute Gasteiger partial charge is 0.416 e. The van der Waals surface area contributed by atoms with Crippen molar-refractivity contribution in [2.75, 3.05) is 17.2 Å². The molecule has 3 aromatic rings. The third-order valence-electron chi connectivity index (χ3n) is 8.75. The highest BCUT2D eigenvalue weighted by molar-refractivity contribution is 6.38. The highest BCUT2D eigenvalue weighted by atomic mass is 19.4. The van der Waals surface area contributed by atoms with Crippen LogP contribution in [0.2, 0.25) is 0 Å². The van der Waals surface area contributed by atoms with E-state index in [4.69, 9.17) is 23.5 Å². The first-order chi connectivity index (χ1) is 21.6. The summed E-state index contributed by atoms with van der Waals surface area (Å²) < 4.78 is 56.7. The lowest BCUT2D eigenvalue weighted by Crippen LogP contribution is -2.47. The third-order valence-corrected chi connectivity index (χ3v) is 8.75. The summed E-state index contributed by atoms with van der Waals surface area (Å²) in [6.07, 6.45) is 0.189. The Labute approximate surface area is 269 Å². The van der Waals surface area contributed by atoms with Gasteiger partial charge >= 0.3 is 6.18 Å². The number of alkyl halides is 3. The van der Waals surface area contributed by atoms with E-state index in [-0.39, 0.29) is 23.3 Å². The Bertz CT molecular complexity index is 1580. The normalized spacial score (nSPS) is 19.2. The molecule has 1 heterocycles. The van der Waals surface area contributed by atoms with Crippen LogP contribution in [0.25, 0.3) is 0 Å². The van der Waals surface area contributed by atoms with E-state index >= 15 is 4.39 Å². The van der Waals surface area contributed by atoms with Crippen molar-refractivity contribution in [3.05, 3.63) is 88.2 Å². The van der Waals surface area contributed by atoms with Crippen molar-refractivity contribution in [1.29, 1.82) is 0 Å². The second-order valence-corrected chi connectivity index (χ2v) is 12.2. The van der Waals surface area contributed by atoms with Crippen molar-refractivity contribution in [2.24, 2.45) is 5.92 Å². The Morgan fingerprint density at radius 3 is 2.17 bits per heavy atom. The van der Waals surface area contributed by atoms with Crippen LogP contribution in [0, 0.1) is 18.7 Å². The lowest BCUT2D eigenvalue weighted by atomic mass is 9.60. The minimum Gasteiger partial charge on any atom is -0.405 e. The Hall–Kier alpha value is -3.73. The quantitative estimate of drug-likeness (QED) is 0.256. The molecule has 1 saturated heterocycles. The van der Waals surface area contributed by atoms with E-state index in [1.54, 1.807) is 19.1 Å².